The SMILES string of the molecule is CCCCCC(C)(N)C(F)F. The summed E-state index contributed by atoms with van der Waals surface area (Å²) in [6, 6.07) is 0. The minimum Gasteiger partial charge on any atom is -0.321 e. The molecule has 0 aromatic rings. The van der Waals surface area contributed by atoms with E-state index in [2.05, 4.69) is 0 Å². The summed E-state index contributed by atoms with van der Waals surface area (Å²) in [7, 11) is 0. The fourth-order valence-electron chi connectivity index (χ4n) is 0.865. The average molecular weight is 165 g/mol. The Morgan fingerprint density at radius 1 is 1.36 bits per heavy atom. The van der Waals surface area contributed by atoms with E-state index in [0.29, 0.717) is 6.42 Å². The van der Waals surface area contributed by atoms with Crippen molar-refractivity contribution in [3.8, 4) is 0 Å². The normalized spacial score (nSPS) is 16.9. The maximum atomic E-state index is 12.1. The standard InChI is InChI=1S/C8H17F2N/c1-3-4-5-6-8(2,11)7(9)10/h7H,3-6,11H2,1-2H3. The molecule has 11 heavy (non-hydrogen) atoms. The quantitative estimate of drug-likeness (QED) is 0.622. The van der Waals surface area contributed by atoms with Gasteiger partial charge in [0.05, 0.1) is 5.54 Å². The van der Waals surface area contributed by atoms with E-state index in [1.165, 1.54) is 6.92 Å². The molecule has 0 amide bonds. The van der Waals surface area contributed by atoms with Crippen molar-refractivity contribution in [2.75, 3.05) is 0 Å². The van der Waals surface area contributed by atoms with Gasteiger partial charge in [-0.15, -0.1) is 0 Å². The lowest BCUT2D eigenvalue weighted by molar-refractivity contribution is 0.0575. The van der Waals surface area contributed by atoms with E-state index < -0.39 is 12.0 Å². The summed E-state index contributed by atoms with van der Waals surface area (Å²) in [5, 5.41) is 0. The molecule has 0 aliphatic rings. The minimum atomic E-state index is -2.40. The third-order valence-electron chi connectivity index (χ3n) is 1.82. The van der Waals surface area contributed by atoms with Crippen molar-refractivity contribution in [2.24, 2.45) is 5.73 Å². The summed E-state index contributed by atoms with van der Waals surface area (Å²) < 4.78 is 24.2. The molecule has 0 saturated carbocycles. The molecule has 3 heteroatoms. The zero-order valence-electron chi connectivity index (χ0n) is 7.24. The number of hydrogen-bond acceptors (Lipinski definition) is 1. The van der Waals surface area contributed by atoms with Crippen molar-refractivity contribution >= 4 is 0 Å². The van der Waals surface area contributed by atoms with E-state index in [1.807, 2.05) is 6.92 Å². The molecule has 0 bridgehead atoms. The summed E-state index contributed by atoms with van der Waals surface area (Å²) >= 11 is 0. The second-order valence-corrected chi connectivity index (χ2v) is 3.26. The van der Waals surface area contributed by atoms with Crippen LogP contribution in [0.2, 0.25) is 0 Å². The molecule has 0 rings (SSSR count). The lowest BCUT2D eigenvalue weighted by Gasteiger charge is -2.22. The molecule has 0 aliphatic carbocycles. The number of unbranched alkanes of at least 4 members (excludes halogenated alkanes) is 2. The molecular weight excluding hydrogens is 148 g/mol. The van der Waals surface area contributed by atoms with E-state index in [0.717, 1.165) is 19.3 Å². The largest absolute Gasteiger partial charge is 0.321 e. The second-order valence-electron chi connectivity index (χ2n) is 3.26. The Bertz CT molecular complexity index is 102. The fourth-order valence-corrected chi connectivity index (χ4v) is 0.865. The van der Waals surface area contributed by atoms with Crippen LogP contribution in [0.25, 0.3) is 0 Å². The van der Waals surface area contributed by atoms with Crippen molar-refractivity contribution in [3.63, 3.8) is 0 Å². The molecule has 0 aromatic carbocycles. The van der Waals surface area contributed by atoms with Gasteiger partial charge in [-0.1, -0.05) is 26.2 Å². The highest BCUT2D eigenvalue weighted by atomic mass is 19.3. The molecule has 0 saturated heterocycles. The molecule has 2 N–H and O–H groups in total. The first-order valence-electron chi connectivity index (χ1n) is 4.07. The third kappa shape index (κ3) is 4.30. The van der Waals surface area contributed by atoms with Crippen molar-refractivity contribution in [2.45, 2.75) is 51.5 Å². The van der Waals surface area contributed by atoms with Gasteiger partial charge in [0.25, 0.3) is 6.43 Å². The second kappa shape index (κ2) is 4.65. The number of nitrogens with two attached hydrogens (primary N) is 1. The Morgan fingerprint density at radius 2 is 1.91 bits per heavy atom. The first-order chi connectivity index (χ1) is 5.00. The predicted molar refractivity (Wildman–Crippen MR) is 42.7 cm³/mol. The van der Waals surface area contributed by atoms with Gasteiger partial charge in [0.2, 0.25) is 0 Å². The zero-order valence-corrected chi connectivity index (χ0v) is 7.24. The van der Waals surface area contributed by atoms with Gasteiger partial charge in [0, 0.05) is 0 Å². The average Bonchev–Trinajstić information content (AvgIpc) is 1.88. The monoisotopic (exact) mass is 165 g/mol. The summed E-state index contributed by atoms with van der Waals surface area (Å²) in [4.78, 5) is 0. The summed E-state index contributed by atoms with van der Waals surface area (Å²) in [6.45, 7) is 3.45. The van der Waals surface area contributed by atoms with Crippen LogP contribution in [0.5, 0.6) is 0 Å². The van der Waals surface area contributed by atoms with E-state index >= 15 is 0 Å². The van der Waals surface area contributed by atoms with Crippen LogP contribution < -0.4 is 5.73 Å². The Morgan fingerprint density at radius 3 is 2.27 bits per heavy atom. The Balaban J connectivity index is 3.55. The van der Waals surface area contributed by atoms with Gasteiger partial charge >= 0.3 is 0 Å². The maximum absolute atomic E-state index is 12.1. The highest BCUT2D eigenvalue weighted by Crippen LogP contribution is 2.19. The van der Waals surface area contributed by atoms with Crippen LogP contribution in [0.15, 0.2) is 0 Å². The van der Waals surface area contributed by atoms with Gasteiger partial charge in [0.1, 0.15) is 0 Å². The fraction of sp³-hybridized carbons (Fsp3) is 1.00. The number of rotatable bonds is 5. The maximum Gasteiger partial charge on any atom is 0.255 e. The molecule has 1 atom stereocenters. The van der Waals surface area contributed by atoms with Crippen molar-refractivity contribution < 1.29 is 8.78 Å². The van der Waals surface area contributed by atoms with Crippen LogP contribution in [0, 0.1) is 0 Å². The topological polar surface area (TPSA) is 26.0 Å². The summed E-state index contributed by atoms with van der Waals surface area (Å²) in [5.74, 6) is 0. The van der Waals surface area contributed by atoms with Crippen LogP contribution in [0.1, 0.15) is 39.5 Å². The Kier molecular flexibility index (Phi) is 4.57. The Hall–Kier alpha value is -0.180. The van der Waals surface area contributed by atoms with Gasteiger partial charge < -0.3 is 5.73 Å². The highest BCUT2D eigenvalue weighted by molar-refractivity contribution is 4.80. The van der Waals surface area contributed by atoms with Crippen LogP contribution in [-0.2, 0) is 0 Å². The van der Waals surface area contributed by atoms with E-state index in [4.69, 9.17) is 5.73 Å². The van der Waals surface area contributed by atoms with Crippen molar-refractivity contribution in [1.82, 2.24) is 0 Å². The van der Waals surface area contributed by atoms with E-state index in [9.17, 15) is 8.78 Å². The molecule has 0 fully saturated rings. The summed E-state index contributed by atoms with van der Waals surface area (Å²) in [5.41, 5.74) is 4.07. The minimum absolute atomic E-state index is 0.415. The van der Waals surface area contributed by atoms with Crippen LogP contribution in [0.4, 0.5) is 8.78 Å². The molecule has 0 aromatic heterocycles. The molecule has 0 radical (unpaired) electrons. The third-order valence-corrected chi connectivity index (χ3v) is 1.82. The van der Waals surface area contributed by atoms with Crippen LogP contribution in [-0.4, -0.2) is 12.0 Å². The van der Waals surface area contributed by atoms with Gasteiger partial charge in [-0.05, 0) is 13.3 Å². The molecule has 68 valence electrons. The van der Waals surface area contributed by atoms with Gasteiger partial charge in [-0.3, -0.25) is 0 Å². The summed E-state index contributed by atoms with van der Waals surface area (Å²) in [6.07, 6.45) is 0.838. The van der Waals surface area contributed by atoms with Crippen molar-refractivity contribution in [1.29, 1.82) is 0 Å². The van der Waals surface area contributed by atoms with Crippen LogP contribution >= 0.6 is 0 Å². The highest BCUT2D eigenvalue weighted by Gasteiger charge is 2.28. The smallest absolute Gasteiger partial charge is 0.255 e. The van der Waals surface area contributed by atoms with E-state index in [1.54, 1.807) is 0 Å². The molecule has 0 heterocycles. The van der Waals surface area contributed by atoms with Crippen molar-refractivity contribution in [3.05, 3.63) is 0 Å². The Labute approximate surface area is 67.0 Å². The number of alkyl halides is 2. The molecule has 0 aliphatic heterocycles. The van der Waals surface area contributed by atoms with Gasteiger partial charge in [-0.25, -0.2) is 8.78 Å². The van der Waals surface area contributed by atoms with E-state index in [-0.39, 0.29) is 0 Å². The molecule has 1 nitrogen and oxygen atoms in total. The lowest BCUT2D eigenvalue weighted by Crippen LogP contribution is -2.43. The molecule has 1 unspecified atom stereocenters. The first kappa shape index (κ1) is 10.8. The first-order valence-corrected chi connectivity index (χ1v) is 4.07. The lowest BCUT2D eigenvalue weighted by atomic mass is 9.96. The number of hydrogen-bond donors (Lipinski definition) is 1. The van der Waals surface area contributed by atoms with Gasteiger partial charge in [-0.2, -0.15) is 0 Å². The predicted octanol–water partition coefficient (Wildman–Crippen LogP) is 2.55. The van der Waals surface area contributed by atoms with Gasteiger partial charge in [0.15, 0.2) is 0 Å². The molecule has 0 spiro atoms. The number of halogens is 2. The molecular formula is C8H17F2N. The van der Waals surface area contributed by atoms with Crippen LogP contribution in [0.3, 0.4) is 0 Å². The zero-order chi connectivity index (χ0) is 8.91.